The van der Waals surface area contributed by atoms with E-state index in [0.29, 0.717) is 17.1 Å². The number of rotatable bonds is 4. The van der Waals surface area contributed by atoms with Crippen molar-refractivity contribution in [2.75, 3.05) is 19.5 Å². The van der Waals surface area contributed by atoms with Crippen LogP contribution in [0.5, 0.6) is 11.5 Å². The van der Waals surface area contributed by atoms with Crippen molar-refractivity contribution < 1.29 is 14.3 Å². The van der Waals surface area contributed by atoms with Crippen molar-refractivity contribution in [3.8, 4) is 11.5 Å². The third-order valence-electron chi connectivity index (χ3n) is 3.40. The minimum absolute atomic E-state index is 0.176. The van der Waals surface area contributed by atoms with Crippen LogP contribution in [0.2, 0.25) is 0 Å². The SMILES string of the molecule is COc1ccc(C(=O)Nc2cc(C)c(I)cc2C)cc1OC. The Balaban J connectivity index is 2.28. The summed E-state index contributed by atoms with van der Waals surface area (Å²) in [6, 6.07) is 9.14. The van der Waals surface area contributed by atoms with Gasteiger partial charge < -0.3 is 14.8 Å². The van der Waals surface area contributed by atoms with E-state index < -0.39 is 0 Å². The van der Waals surface area contributed by atoms with Crippen molar-refractivity contribution in [2.24, 2.45) is 0 Å². The molecule has 1 amide bonds. The number of halogens is 1. The van der Waals surface area contributed by atoms with E-state index in [9.17, 15) is 4.79 Å². The molecular formula is C17H18INO3. The van der Waals surface area contributed by atoms with Gasteiger partial charge in [-0.2, -0.15) is 0 Å². The van der Waals surface area contributed by atoms with Gasteiger partial charge in [0.2, 0.25) is 0 Å². The molecule has 0 fully saturated rings. The lowest BCUT2D eigenvalue weighted by Gasteiger charge is -2.12. The molecule has 0 heterocycles. The lowest BCUT2D eigenvalue weighted by atomic mass is 10.1. The van der Waals surface area contributed by atoms with E-state index >= 15 is 0 Å². The molecule has 2 aromatic rings. The van der Waals surface area contributed by atoms with Gasteiger partial charge in [0, 0.05) is 14.8 Å². The number of aryl methyl sites for hydroxylation is 2. The highest BCUT2D eigenvalue weighted by molar-refractivity contribution is 14.1. The van der Waals surface area contributed by atoms with Crippen molar-refractivity contribution in [1.82, 2.24) is 0 Å². The van der Waals surface area contributed by atoms with Crippen LogP contribution in [0.25, 0.3) is 0 Å². The molecule has 0 spiro atoms. The van der Waals surface area contributed by atoms with Crippen molar-refractivity contribution in [3.05, 3.63) is 50.6 Å². The molecule has 0 aromatic heterocycles. The summed E-state index contributed by atoms with van der Waals surface area (Å²) < 4.78 is 11.6. The van der Waals surface area contributed by atoms with Gasteiger partial charge in [-0.05, 0) is 77.9 Å². The van der Waals surface area contributed by atoms with Crippen LogP contribution < -0.4 is 14.8 Å². The maximum Gasteiger partial charge on any atom is 0.255 e. The van der Waals surface area contributed by atoms with Crippen LogP contribution in [0.3, 0.4) is 0 Å². The Kier molecular flexibility index (Phi) is 5.28. The van der Waals surface area contributed by atoms with E-state index in [2.05, 4.69) is 34.0 Å². The molecule has 0 saturated carbocycles. The fourth-order valence-corrected chi connectivity index (χ4v) is 2.71. The first-order valence-corrected chi connectivity index (χ1v) is 7.84. The van der Waals surface area contributed by atoms with Gasteiger partial charge >= 0.3 is 0 Å². The van der Waals surface area contributed by atoms with Crippen LogP contribution >= 0.6 is 22.6 Å². The normalized spacial score (nSPS) is 10.2. The molecule has 0 aliphatic carbocycles. The third kappa shape index (κ3) is 3.52. The first-order chi connectivity index (χ1) is 10.5. The van der Waals surface area contributed by atoms with Crippen LogP contribution in [0.4, 0.5) is 5.69 Å². The predicted molar refractivity (Wildman–Crippen MR) is 96.1 cm³/mol. The van der Waals surface area contributed by atoms with Crippen molar-refractivity contribution >= 4 is 34.2 Å². The summed E-state index contributed by atoms with van der Waals surface area (Å²) in [7, 11) is 3.11. The van der Waals surface area contributed by atoms with E-state index in [0.717, 1.165) is 16.8 Å². The molecule has 116 valence electrons. The fourth-order valence-electron chi connectivity index (χ4n) is 2.09. The van der Waals surface area contributed by atoms with Gasteiger partial charge in [-0.1, -0.05) is 0 Å². The average molecular weight is 411 g/mol. The number of hydrogen-bond acceptors (Lipinski definition) is 3. The lowest BCUT2D eigenvalue weighted by molar-refractivity contribution is 0.102. The van der Waals surface area contributed by atoms with Crippen molar-refractivity contribution in [2.45, 2.75) is 13.8 Å². The third-order valence-corrected chi connectivity index (χ3v) is 4.56. The summed E-state index contributed by atoms with van der Waals surface area (Å²) in [5, 5.41) is 2.94. The van der Waals surface area contributed by atoms with E-state index in [1.165, 1.54) is 3.57 Å². The second-order valence-corrected chi connectivity index (χ2v) is 6.10. The minimum Gasteiger partial charge on any atom is -0.493 e. The van der Waals surface area contributed by atoms with Crippen LogP contribution in [0.1, 0.15) is 21.5 Å². The van der Waals surface area contributed by atoms with E-state index in [1.54, 1.807) is 32.4 Å². The molecule has 2 rings (SSSR count). The molecular weight excluding hydrogens is 393 g/mol. The van der Waals surface area contributed by atoms with Gasteiger partial charge in [0.25, 0.3) is 5.91 Å². The number of ether oxygens (including phenoxy) is 2. The zero-order valence-corrected chi connectivity index (χ0v) is 15.1. The number of carbonyl (C=O) groups is 1. The van der Waals surface area contributed by atoms with Gasteiger partial charge in [-0.25, -0.2) is 0 Å². The van der Waals surface area contributed by atoms with Gasteiger partial charge in [-0.15, -0.1) is 0 Å². The standard InChI is InChI=1S/C17H18INO3/c1-10-8-14(11(2)7-13(10)18)19-17(20)12-5-6-15(21-3)16(9-12)22-4/h5-9H,1-4H3,(H,19,20). The zero-order valence-electron chi connectivity index (χ0n) is 13.0. The van der Waals surface area contributed by atoms with E-state index in [-0.39, 0.29) is 5.91 Å². The molecule has 0 aliphatic heterocycles. The second kappa shape index (κ2) is 7.00. The van der Waals surface area contributed by atoms with Crippen LogP contribution in [0.15, 0.2) is 30.3 Å². The average Bonchev–Trinajstić information content (AvgIpc) is 2.51. The van der Waals surface area contributed by atoms with Crippen molar-refractivity contribution in [3.63, 3.8) is 0 Å². The maximum atomic E-state index is 12.4. The molecule has 0 radical (unpaired) electrons. The molecule has 0 bridgehead atoms. The maximum absolute atomic E-state index is 12.4. The highest BCUT2D eigenvalue weighted by Gasteiger charge is 2.12. The molecule has 5 heteroatoms. The first kappa shape index (κ1) is 16.6. The summed E-state index contributed by atoms with van der Waals surface area (Å²) >= 11 is 2.29. The molecule has 22 heavy (non-hydrogen) atoms. The molecule has 1 N–H and O–H groups in total. The lowest BCUT2D eigenvalue weighted by Crippen LogP contribution is -2.13. The van der Waals surface area contributed by atoms with E-state index in [4.69, 9.17) is 9.47 Å². The number of nitrogens with one attached hydrogen (secondary N) is 1. The summed E-state index contributed by atoms with van der Waals surface area (Å²) in [6.45, 7) is 4.00. The summed E-state index contributed by atoms with van der Waals surface area (Å²) in [6.07, 6.45) is 0. The van der Waals surface area contributed by atoms with Crippen LogP contribution in [-0.2, 0) is 0 Å². The highest BCUT2D eigenvalue weighted by atomic mass is 127. The minimum atomic E-state index is -0.176. The quantitative estimate of drug-likeness (QED) is 0.769. The van der Waals surface area contributed by atoms with E-state index in [1.807, 2.05) is 19.9 Å². The molecule has 2 aromatic carbocycles. The van der Waals surface area contributed by atoms with Crippen molar-refractivity contribution in [1.29, 1.82) is 0 Å². The summed E-state index contributed by atoms with van der Waals surface area (Å²) in [5.74, 6) is 0.954. The van der Waals surface area contributed by atoms with Crippen LogP contribution in [0, 0.1) is 17.4 Å². The van der Waals surface area contributed by atoms with Gasteiger partial charge in [0.15, 0.2) is 11.5 Å². The Labute approximate surface area is 144 Å². The molecule has 4 nitrogen and oxygen atoms in total. The Morgan fingerprint density at radius 3 is 2.32 bits per heavy atom. The molecule has 0 atom stereocenters. The topological polar surface area (TPSA) is 47.6 Å². The molecule has 0 unspecified atom stereocenters. The number of amides is 1. The summed E-state index contributed by atoms with van der Waals surface area (Å²) in [5.41, 5.74) is 3.50. The molecule has 0 saturated heterocycles. The second-order valence-electron chi connectivity index (χ2n) is 4.94. The Morgan fingerprint density at radius 1 is 1.00 bits per heavy atom. The Morgan fingerprint density at radius 2 is 1.68 bits per heavy atom. The Hall–Kier alpha value is -1.76. The monoisotopic (exact) mass is 411 g/mol. The van der Waals surface area contributed by atoms with Gasteiger partial charge in [-0.3, -0.25) is 4.79 Å². The summed E-state index contributed by atoms with van der Waals surface area (Å²) in [4.78, 5) is 12.4. The number of hydrogen-bond donors (Lipinski definition) is 1. The fraction of sp³-hybridized carbons (Fsp3) is 0.235. The molecule has 0 aliphatic rings. The van der Waals surface area contributed by atoms with Gasteiger partial charge in [0.1, 0.15) is 0 Å². The largest absolute Gasteiger partial charge is 0.493 e. The number of carbonyl (C=O) groups excluding carboxylic acids is 1. The number of benzene rings is 2. The zero-order chi connectivity index (χ0) is 16.3. The first-order valence-electron chi connectivity index (χ1n) is 6.76. The predicted octanol–water partition coefficient (Wildman–Crippen LogP) is 4.18. The highest BCUT2D eigenvalue weighted by Crippen LogP contribution is 2.28. The smallest absolute Gasteiger partial charge is 0.255 e. The van der Waals surface area contributed by atoms with Gasteiger partial charge in [0.05, 0.1) is 14.2 Å². The number of methoxy groups -OCH3 is 2. The number of anilines is 1. The van der Waals surface area contributed by atoms with Crippen LogP contribution in [-0.4, -0.2) is 20.1 Å². The Bertz CT molecular complexity index is 713.